The minimum atomic E-state index is -0.947. The SMILES string of the molecule is C[C@H](OC(=O)COc1ccccc1C1SCCS1)C(N)=O. The van der Waals surface area contributed by atoms with Crippen LogP contribution < -0.4 is 10.5 Å². The van der Waals surface area contributed by atoms with Crippen LogP contribution >= 0.6 is 23.5 Å². The molecule has 0 radical (unpaired) electrons. The third-order valence-corrected chi connectivity index (χ3v) is 5.92. The molecule has 2 N–H and O–H groups in total. The van der Waals surface area contributed by atoms with Gasteiger partial charge in [0, 0.05) is 17.1 Å². The summed E-state index contributed by atoms with van der Waals surface area (Å²) in [5.41, 5.74) is 6.11. The van der Waals surface area contributed by atoms with Gasteiger partial charge in [-0.2, -0.15) is 0 Å². The van der Waals surface area contributed by atoms with Crippen LogP contribution in [0.2, 0.25) is 0 Å². The molecule has 1 aromatic rings. The molecule has 0 spiro atoms. The first-order chi connectivity index (χ1) is 10.1. The van der Waals surface area contributed by atoms with E-state index in [4.69, 9.17) is 15.2 Å². The molecule has 1 saturated heterocycles. The molecule has 0 aromatic heterocycles. The zero-order valence-electron chi connectivity index (χ0n) is 11.6. The molecule has 0 aliphatic carbocycles. The zero-order valence-corrected chi connectivity index (χ0v) is 13.2. The number of esters is 1. The van der Waals surface area contributed by atoms with Gasteiger partial charge < -0.3 is 15.2 Å². The summed E-state index contributed by atoms with van der Waals surface area (Å²) in [5.74, 6) is 1.61. The van der Waals surface area contributed by atoms with Crippen molar-refractivity contribution in [3.63, 3.8) is 0 Å². The van der Waals surface area contributed by atoms with Crippen molar-refractivity contribution in [3.8, 4) is 5.75 Å². The third-order valence-electron chi connectivity index (χ3n) is 2.85. The predicted molar refractivity (Wildman–Crippen MR) is 84.3 cm³/mol. The topological polar surface area (TPSA) is 78.6 Å². The maximum Gasteiger partial charge on any atom is 0.344 e. The van der Waals surface area contributed by atoms with Gasteiger partial charge in [-0.1, -0.05) is 18.2 Å². The van der Waals surface area contributed by atoms with E-state index in [1.165, 1.54) is 6.92 Å². The van der Waals surface area contributed by atoms with Gasteiger partial charge in [0.15, 0.2) is 12.7 Å². The second-order valence-electron chi connectivity index (χ2n) is 4.43. The second-order valence-corrected chi connectivity index (χ2v) is 7.16. The molecule has 21 heavy (non-hydrogen) atoms. The number of nitrogens with two attached hydrogens (primary N) is 1. The van der Waals surface area contributed by atoms with Gasteiger partial charge in [-0.15, -0.1) is 23.5 Å². The van der Waals surface area contributed by atoms with Gasteiger partial charge in [-0.3, -0.25) is 4.79 Å². The Kier molecular flexibility index (Phi) is 5.81. The highest BCUT2D eigenvalue weighted by molar-refractivity contribution is 8.19. The predicted octanol–water partition coefficient (Wildman–Crippen LogP) is 1.96. The molecule has 114 valence electrons. The van der Waals surface area contributed by atoms with Crippen molar-refractivity contribution in [1.82, 2.24) is 0 Å². The van der Waals surface area contributed by atoms with E-state index in [0.29, 0.717) is 10.3 Å². The normalized spacial score (nSPS) is 16.4. The van der Waals surface area contributed by atoms with Gasteiger partial charge in [0.05, 0.1) is 4.58 Å². The molecule has 2 rings (SSSR count). The largest absolute Gasteiger partial charge is 0.482 e. The fourth-order valence-corrected chi connectivity index (χ4v) is 4.68. The molecule has 1 aliphatic rings. The maximum absolute atomic E-state index is 11.6. The van der Waals surface area contributed by atoms with E-state index in [9.17, 15) is 9.59 Å². The molecule has 1 aliphatic heterocycles. The second kappa shape index (κ2) is 7.61. The van der Waals surface area contributed by atoms with Crippen LogP contribution in [-0.4, -0.2) is 36.1 Å². The summed E-state index contributed by atoms with van der Waals surface area (Å²) in [5, 5.41) is 0. The summed E-state index contributed by atoms with van der Waals surface area (Å²) in [6.45, 7) is 1.19. The molecule has 1 atom stereocenters. The number of primary amides is 1. The van der Waals surface area contributed by atoms with E-state index in [2.05, 4.69) is 0 Å². The lowest BCUT2D eigenvalue weighted by atomic mass is 10.2. The Morgan fingerprint density at radius 3 is 2.67 bits per heavy atom. The number of hydrogen-bond acceptors (Lipinski definition) is 6. The minimum absolute atomic E-state index is 0.239. The average molecular weight is 327 g/mol. The molecule has 5 nitrogen and oxygen atoms in total. The van der Waals surface area contributed by atoms with Crippen molar-refractivity contribution in [1.29, 1.82) is 0 Å². The zero-order chi connectivity index (χ0) is 15.2. The van der Waals surface area contributed by atoms with Gasteiger partial charge in [-0.25, -0.2) is 4.79 Å². The fourth-order valence-electron chi connectivity index (χ4n) is 1.77. The van der Waals surface area contributed by atoms with Crippen LogP contribution in [0.15, 0.2) is 24.3 Å². The van der Waals surface area contributed by atoms with Crippen LogP contribution in [-0.2, 0) is 14.3 Å². The third kappa shape index (κ3) is 4.57. The number of rotatable bonds is 6. The van der Waals surface area contributed by atoms with Gasteiger partial charge in [-0.05, 0) is 13.0 Å². The van der Waals surface area contributed by atoms with Crippen molar-refractivity contribution in [3.05, 3.63) is 29.8 Å². The molecule has 1 heterocycles. The fraction of sp³-hybridized carbons (Fsp3) is 0.429. The van der Waals surface area contributed by atoms with E-state index in [1.807, 2.05) is 47.8 Å². The summed E-state index contributed by atoms with van der Waals surface area (Å²) < 4.78 is 10.7. The number of benzene rings is 1. The molecule has 1 fully saturated rings. The van der Waals surface area contributed by atoms with E-state index in [-0.39, 0.29) is 6.61 Å². The summed E-state index contributed by atoms with van der Waals surface area (Å²) >= 11 is 3.73. The highest BCUT2D eigenvalue weighted by atomic mass is 32.2. The summed E-state index contributed by atoms with van der Waals surface area (Å²) in [6.07, 6.45) is -0.947. The van der Waals surface area contributed by atoms with Gasteiger partial charge in [0.2, 0.25) is 0 Å². The van der Waals surface area contributed by atoms with E-state index in [1.54, 1.807) is 0 Å². The van der Waals surface area contributed by atoms with Crippen LogP contribution in [0.1, 0.15) is 17.1 Å². The Morgan fingerprint density at radius 1 is 1.33 bits per heavy atom. The highest BCUT2D eigenvalue weighted by Crippen LogP contribution is 2.48. The van der Waals surface area contributed by atoms with Crippen molar-refractivity contribution in [2.24, 2.45) is 5.73 Å². The first-order valence-electron chi connectivity index (χ1n) is 6.51. The van der Waals surface area contributed by atoms with Crippen molar-refractivity contribution in [2.45, 2.75) is 17.6 Å². The van der Waals surface area contributed by atoms with Crippen LogP contribution in [0, 0.1) is 0 Å². The molecule has 1 aromatic carbocycles. The summed E-state index contributed by atoms with van der Waals surface area (Å²) in [6, 6.07) is 7.65. The van der Waals surface area contributed by atoms with Crippen molar-refractivity contribution in [2.75, 3.05) is 18.1 Å². The summed E-state index contributed by atoms with van der Waals surface area (Å²) in [4.78, 5) is 22.4. The number of carbonyl (C=O) groups excluding carboxylic acids is 2. The molecule has 7 heteroatoms. The molecular weight excluding hydrogens is 310 g/mol. The number of carbonyl (C=O) groups is 2. The highest BCUT2D eigenvalue weighted by Gasteiger charge is 2.22. The van der Waals surface area contributed by atoms with Crippen LogP contribution in [0.4, 0.5) is 0 Å². The van der Waals surface area contributed by atoms with E-state index in [0.717, 1.165) is 17.1 Å². The number of para-hydroxylation sites is 1. The first kappa shape index (κ1) is 16.0. The number of thioether (sulfide) groups is 2. The standard InChI is InChI=1S/C14H17NO4S2/c1-9(13(15)17)19-12(16)8-18-11-5-3-2-4-10(11)14-20-6-7-21-14/h2-5,9,14H,6-8H2,1H3,(H2,15,17)/t9-/m0/s1. The minimum Gasteiger partial charge on any atom is -0.482 e. The van der Waals surface area contributed by atoms with Gasteiger partial charge in [0.25, 0.3) is 5.91 Å². The Bertz CT molecular complexity index is 517. The Labute approximate surface area is 131 Å². The lowest BCUT2D eigenvalue weighted by molar-refractivity contribution is -0.155. The van der Waals surface area contributed by atoms with Crippen LogP contribution in [0.3, 0.4) is 0 Å². The molecule has 0 unspecified atom stereocenters. The lowest BCUT2D eigenvalue weighted by Gasteiger charge is -2.15. The number of ether oxygens (including phenoxy) is 2. The Balaban J connectivity index is 1.94. The maximum atomic E-state index is 11.6. The Morgan fingerprint density at radius 2 is 2.00 bits per heavy atom. The monoisotopic (exact) mass is 327 g/mol. The lowest BCUT2D eigenvalue weighted by Crippen LogP contribution is -2.32. The van der Waals surface area contributed by atoms with Crippen LogP contribution in [0.25, 0.3) is 0 Å². The first-order valence-corrected chi connectivity index (χ1v) is 8.61. The van der Waals surface area contributed by atoms with Crippen molar-refractivity contribution < 1.29 is 19.1 Å². The van der Waals surface area contributed by atoms with Gasteiger partial charge in [0.1, 0.15) is 5.75 Å². The average Bonchev–Trinajstić information content (AvgIpc) is 2.99. The smallest absolute Gasteiger partial charge is 0.344 e. The summed E-state index contributed by atoms with van der Waals surface area (Å²) in [7, 11) is 0. The molecule has 0 saturated carbocycles. The molecule has 0 bridgehead atoms. The number of hydrogen-bond donors (Lipinski definition) is 1. The van der Waals surface area contributed by atoms with Crippen LogP contribution in [0.5, 0.6) is 5.75 Å². The molecule has 1 amide bonds. The van der Waals surface area contributed by atoms with Gasteiger partial charge >= 0.3 is 5.97 Å². The number of amides is 1. The van der Waals surface area contributed by atoms with Crippen molar-refractivity contribution >= 4 is 35.4 Å². The molecular formula is C14H17NO4S2. The van der Waals surface area contributed by atoms with E-state index < -0.39 is 18.0 Å². The quantitative estimate of drug-likeness (QED) is 0.805. The van der Waals surface area contributed by atoms with E-state index >= 15 is 0 Å². The Hall–Kier alpha value is -1.34.